The first-order valence-corrected chi connectivity index (χ1v) is 5.10. The van der Waals surface area contributed by atoms with Crippen LogP contribution in [0, 0.1) is 0 Å². The number of nitrogens with one attached hydrogen (secondary N) is 2. The normalized spacial score (nSPS) is 30.8. The van der Waals surface area contributed by atoms with E-state index in [1.807, 2.05) is 6.08 Å². The summed E-state index contributed by atoms with van der Waals surface area (Å²) in [6, 6.07) is 0.835. The fourth-order valence-electron chi connectivity index (χ4n) is 2.28. The molecule has 1 fully saturated rings. The number of rotatable bonds is 2. The Kier molecular flexibility index (Phi) is 2.84. The number of hydrogen-bond acceptors (Lipinski definition) is 3. The molecule has 0 aromatic rings. The molecule has 4 nitrogen and oxygen atoms in total. The van der Waals surface area contributed by atoms with E-state index in [1.54, 1.807) is 0 Å². The van der Waals surface area contributed by atoms with E-state index in [0.717, 1.165) is 24.8 Å². The lowest BCUT2D eigenvalue weighted by molar-refractivity contribution is -0.127. The van der Waals surface area contributed by atoms with Gasteiger partial charge in [-0.3, -0.25) is 9.63 Å². The van der Waals surface area contributed by atoms with Gasteiger partial charge in [-0.15, -0.1) is 0 Å². The molecule has 0 spiro atoms. The average molecular weight is 196 g/mol. The fraction of sp³-hybridized carbons (Fsp3) is 0.700. The second kappa shape index (κ2) is 4.11. The molecule has 2 aliphatic heterocycles. The van der Waals surface area contributed by atoms with E-state index in [1.165, 1.54) is 13.5 Å². The molecular weight excluding hydrogens is 180 g/mol. The van der Waals surface area contributed by atoms with E-state index in [2.05, 4.69) is 15.6 Å². The number of allylic oxidation sites excluding steroid dienone is 1. The first-order chi connectivity index (χ1) is 6.81. The van der Waals surface area contributed by atoms with Gasteiger partial charge >= 0.3 is 0 Å². The van der Waals surface area contributed by atoms with Crippen LogP contribution in [-0.4, -0.2) is 25.1 Å². The molecule has 1 amide bonds. The second-order valence-corrected chi connectivity index (χ2v) is 3.87. The van der Waals surface area contributed by atoms with Crippen molar-refractivity contribution in [2.75, 3.05) is 7.11 Å². The third kappa shape index (κ3) is 1.81. The van der Waals surface area contributed by atoms with Crippen molar-refractivity contribution in [3.8, 4) is 0 Å². The maximum absolute atomic E-state index is 11.6. The summed E-state index contributed by atoms with van der Waals surface area (Å²) < 4.78 is 0. The zero-order chi connectivity index (χ0) is 9.97. The second-order valence-electron chi connectivity index (χ2n) is 3.87. The predicted molar refractivity (Wildman–Crippen MR) is 52.4 cm³/mol. The Labute approximate surface area is 83.7 Å². The summed E-state index contributed by atoms with van der Waals surface area (Å²) in [7, 11) is 1.46. The highest BCUT2D eigenvalue weighted by molar-refractivity contribution is 5.94. The minimum Gasteiger partial charge on any atom is -0.307 e. The molecule has 2 atom stereocenters. The molecular formula is C10H16N2O2. The summed E-state index contributed by atoms with van der Waals surface area (Å²) in [4.78, 5) is 16.2. The molecule has 1 saturated heterocycles. The van der Waals surface area contributed by atoms with E-state index in [-0.39, 0.29) is 11.9 Å². The van der Waals surface area contributed by atoms with Crippen LogP contribution < -0.4 is 10.8 Å². The molecule has 0 aromatic carbocycles. The molecule has 0 aromatic heterocycles. The largest absolute Gasteiger partial charge is 0.307 e. The molecule has 0 aliphatic carbocycles. The van der Waals surface area contributed by atoms with Crippen LogP contribution >= 0.6 is 0 Å². The molecule has 2 heterocycles. The van der Waals surface area contributed by atoms with E-state index < -0.39 is 0 Å². The summed E-state index contributed by atoms with van der Waals surface area (Å²) in [5.74, 6) is -0.104. The van der Waals surface area contributed by atoms with Gasteiger partial charge in [-0.25, -0.2) is 5.48 Å². The Morgan fingerprint density at radius 1 is 1.57 bits per heavy atom. The highest BCUT2D eigenvalue weighted by Gasteiger charge is 2.31. The number of hydroxylamine groups is 1. The Morgan fingerprint density at radius 3 is 3.21 bits per heavy atom. The van der Waals surface area contributed by atoms with Crippen LogP contribution in [0.25, 0.3) is 0 Å². The highest BCUT2D eigenvalue weighted by Crippen LogP contribution is 2.25. The van der Waals surface area contributed by atoms with Crippen molar-refractivity contribution in [1.82, 2.24) is 10.8 Å². The maximum Gasteiger partial charge on any atom is 0.272 e. The van der Waals surface area contributed by atoms with Gasteiger partial charge in [0.25, 0.3) is 5.91 Å². The molecule has 2 rings (SSSR count). The molecule has 4 heteroatoms. The van der Waals surface area contributed by atoms with Gasteiger partial charge in [0.05, 0.1) is 7.11 Å². The van der Waals surface area contributed by atoms with E-state index in [9.17, 15) is 4.79 Å². The van der Waals surface area contributed by atoms with Crippen LogP contribution in [0.2, 0.25) is 0 Å². The van der Waals surface area contributed by atoms with Gasteiger partial charge in [-0.2, -0.15) is 0 Å². The molecule has 0 saturated carbocycles. The highest BCUT2D eigenvalue weighted by atomic mass is 16.6. The Morgan fingerprint density at radius 2 is 2.43 bits per heavy atom. The molecule has 0 radical (unpaired) electrons. The van der Waals surface area contributed by atoms with Crippen molar-refractivity contribution in [1.29, 1.82) is 0 Å². The summed E-state index contributed by atoms with van der Waals surface area (Å²) in [6.45, 7) is 0. The summed E-state index contributed by atoms with van der Waals surface area (Å²) >= 11 is 0. The molecule has 2 N–H and O–H groups in total. The van der Waals surface area contributed by atoms with Crippen LogP contribution in [-0.2, 0) is 9.63 Å². The topological polar surface area (TPSA) is 50.4 Å². The Hall–Kier alpha value is -0.870. The van der Waals surface area contributed by atoms with Gasteiger partial charge in [0.15, 0.2) is 0 Å². The minimum absolute atomic E-state index is 0.104. The van der Waals surface area contributed by atoms with E-state index in [0.29, 0.717) is 6.04 Å². The molecule has 2 bridgehead atoms. The van der Waals surface area contributed by atoms with Crippen molar-refractivity contribution >= 4 is 5.91 Å². The maximum atomic E-state index is 11.6. The number of carbonyl (C=O) groups excluding carboxylic acids is 1. The molecule has 2 aliphatic rings. The van der Waals surface area contributed by atoms with Crippen LogP contribution in [0.4, 0.5) is 0 Å². The van der Waals surface area contributed by atoms with Gasteiger partial charge < -0.3 is 5.32 Å². The van der Waals surface area contributed by atoms with Gasteiger partial charge in [0, 0.05) is 17.7 Å². The summed E-state index contributed by atoms with van der Waals surface area (Å²) in [5.41, 5.74) is 3.22. The van der Waals surface area contributed by atoms with Gasteiger partial charge in [-0.05, 0) is 25.7 Å². The third-order valence-electron chi connectivity index (χ3n) is 2.95. The van der Waals surface area contributed by atoms with Crippen LogP contribution in [0.5, 0.6) is 0 Å². The predicted octanol–water partition coefficient (Wildman–Crippen LogP) is 0.505. The Balaban J connectivity index is 2.08. The van der Waals surface area contributed by atoms with Crippen molar-refractivity contribution in [3.63, 3.8) is 0 Å². The SMILES string of the molecule is CONC(=O)C1=CCC[C@@H]2CC[C@H]1N2. The standard InChI is InChI=1S/C10H16N2O2/c1-14-12-10(13)8-4-2-3-7-5-6-9(8)11-7/h4,7,9,11H,2-3,5-6H2,1H3,(H,12,13)/t7-,9-/m1/s1. The van der Waals surface area contributed by atoms with Crippen molar-refractivity contribution in [2.24, 2.45) is 0 Å². The quantitative estimate of drug-likeness (QED) is 0.632. The molecule has 78 valence electrons. The number of amides is 1. The average Bonchev–Trinajstić information content (AvgIpc) is 2.47. The first kappa shape index (κ1) is 9.68. The first-order valence-electron chi connectivity index (χ1n) is 5.10. The van der Waals surface area contributed by atoms with Gasteiger partial charge in [-0.1, -0.05) is 6.08 Å². The monoisotopic (exact) mass is 196 g/mol. The zero-order valence-electron chi connectivity index (χ0n) is 8.38. The van der Waals surface area contributed by atoms with Crippen molar-refractivity contribution in [2.45, 2.75) is 37.8 Å². The van der Waals surface area contributed by atoms with E-state index >= 15 is 0 Å². The zero-order valence-corrected chi connectivity index (χ0v) is 8.38. The third-order valence-corrected chi connectivity index (χ3v) is 2.95. The minimum atomic E-state index is -0.104. The smallest absolute Gasteiger partial charge is 0.272 e. The van der Waals surface area contributed by atoms with E-state index in [4.69, 9.17) is 0 Å². The van der Waals surface area contributed by atoms with Crippen molar-refractivity contribution in [3.05, 3.63) is 11.6 Å². The lowest BCUT2D eigenvalue weighted by Gasteiger charge is -2.13. The van der Waals surface area contributed by atoms with Crippen LogP contribution in [0.1, 0.15) is 25.7 Å². The number of carbonyl (C=O) groups is 1. The molecule has 14 heavy (non-hydrogen) atoms. The summed E-state index contributed by atoms with van der Waals surface area (Å²) in [5, 5.41) is 3.46. The van der Waals surface area contributed by atoms with Crippen LogP contribution in [0.15, 0.2) is 11.6 Å². The van der Waals surface area contributed by atoms with Gasteiger partial charge in [0.2, 0.25) is 0 Å². The number of hydrogen-bond donors (Lipinski definition) is 2. The van der Waals surface area contributed by atoms with Gasteiger partial charge in [0.1, 0.15) is 0 Å². The molecule has 0 unspecified atom stereocenters. The Bertz CT molecular complexity index is 263. The fourth-order valence-corrected chi connectivity index (χ4v) is 2.28. The van der Waals surface area contributed by atoms with Crippen molar-refractivity contribution < 1.29 is 9.63 Å². The number of fused-ring (bicyclic) bond motifs is 2. The summed E-state index contributed by atoms with van der Waals surface area (Å²) in [6.07, 6.45) is 6.40. The lowest BCUT2D eigenvalue weighted by atomic mass is 9.99. The lowest BCUT2D eigenvalue weighted by Crippen LogP contribution is -2.35. The van der Waals surface area contributed by atoms with Crippen LogP contribution in [0.3, 0.4) is 0 Å².